The molecule has 0 unspecified atom stereocenters. The van der Waals surface area contributed by atoms with Crippen LogP contribution in [0.4, 0.5) is 11.6 Å². The summed E-state index contributed by atoms with van der Waals surface area (Å²) in [5, 5.41) is 3.22. The van der Waals surface area contributed by atoms with Crippen LogP contribution in [0.25, 0.3) is 11.4 Å². The standard InChI is InChI=1S/C21H21BrN4O3/c1-4-29-20(27)17-11(2)24-19-14(17)7-5-12-10-23-21(26-18(12)19)25-15-8-6-13(22)9-16(15)28-3/h6,8-10,24H,4-5,7H2,1-3H3,(H,23,25,26). The summed E-state index contributed by atoms with van der Waals surface area (Å²) in [6.07, 6.45) is 3.35. The highest BCUT2D eigenvalue weighted by atomic mass is 79.9. The zero-order chi connectivity index (χ0) is 20.5. The maximum absolute atomic E-state index is 12.4. The number of aryl methyl sites for hydroxylation is 2. The molecule has 0 radical (unpaired) electrons. The molecule has 8 heteroatoms. The second-order valence-corrected chi connectivity index (χ2v) is 7.65. The molecule has 0 fully saturated rings. The van der Waals surface area contributed by atoms with Crippen molar-refractivity contribution in [1.29, 1.82) is 0 Å². The number of rotatable bonds is 5. The van der Waals surface area contributed by atoms with E-state index in [0.717, 1.165) is 51.2 Å². The highest BCUT2D eigenvalue weighted by Gasteiger charge is 2.28. The number of fused-ring (bicyclic) bond motifs is 3. The zero-order valence-electron chi connectivity index (χ0n) is 16.4. The Kier molecular flexibility index (Phi) is 5.27. The van der Waals surface area contributed by atoms with Crippen LogP contribution in [0.1, 0.15) is 34.1 Å². The molecule has 29 heavy (non-hydrogen) atoms. The van der Waals surface area contributed by atoms with Gasteiger partial charge in [0.05, 0.1) is 36.4 Å². The third-order valence-corrected chi connectivity index (χ3v) is 5.42. The summed E-state index contributed by atoms with van der Waals surface area (Å²) in [6.45, 7) is 4.04. The number of ether oxygens (including phenoxy) is 2. The van der Waals surface area contributed by atoms with E-state index in [-0.39, 0.29) is 5.97 Å². The van der Waals surface area contributed by atoms with Crippen molar-refractivity contribution in [3.63, 3.8) is 0 Å². The molecule has 0 spiro atoms. The van der Waals surface area contributed by atoms with Gasteiger partial charge < -0.3 is 19.8 Å². The van der Waals surface area contributed by atoms with Crippen molar-refractivity contribution in [3.8, 4) is 17.1 Å². The highest BCUT2D eigenvalue weighted by Crippen LogP contribution is 2.36. The number of benzene rings is 1. The SMILES string of the molecule is CCOC(=O)c1c(C)[nH]c2c1CCc1cnc(Nc3ccc(Br)cc3OC)nc1-2. The van der Waals surface area contributed by atoms with E-state index in [1.165, 1.54) is 0 Å². The third kappa shape index (κ3) is 3.60. The van der Waals surface area contributed by atoms with Crippen molar-refractivity contribution in [2.24, 2.45) is 0 Å². The maximum Gasteiger partial charge on any atom is 0.340 e. The van der Waals surface area contributed by atoms with E-state index < -0.39 is 0 Å². The smallest absolute Gasteiger partial charge is 0.340 e. The fourth-order valence-corrected chi connectivity index (χ4v) is 3.96. The Bertz CT molecular complexity index is 1090. The largest absolute Gasteiger partial charge is 0.495 e. The number of halogens is 1. The number of H-pyrrole nitrogens is 1. The van der Waals surface area contributed by atoms with Crippen molar-refractivity contribution in [3.05, 3.63) is 51.3 Å². The van der Waals surface area contributed by atoms with Crippen molar-refractivity contribution >= 4 is 33.5 Å². The van der Waals surface area contributed by atoms with Crippen molar-refractivity contribution < 1.29 is 14.3 Å². The molecule has 0 saturated heterocycles. The predicted octanol–water partition coefficient (Wildman–Crippen LogP) is 4.57. The van der Waals surface area contributed by atoms with E-state index in [9.17, 15) is 4.79 Å². The lowest BCUT2D eigenvalue weighted by Crippen LogP contribution is -2.12. The lowest BCUT2D eigenvalue weighted by atomic mass is 9.92. The monoisotopic (exact) mass is 456 g/mol. The number of anilines is 2. The minimum absolute atomic E-state index is 0.294. The number of carbonyl (C=O) groups excluding carboxylic acids is 1. The molecule has 0 saturated carbocycles. The number of aromatic nitrogens is 3. The Hall–Kier alpha value is -2.87. The first-order chi connectivity index (χ1) is 14.0. The maximum atomic E-state index is 12.4. The summed E-state index contributed by atoms with van der Waals surface area (Å²) in [5.74, 6) is 0.849. The van der Waals surface area contributed by atoms with E-state index in [1.807, 2.05) is 38.2 Å². The minimum atomic E-state index is -0.294. The number of esters is 1. The van der Waals surface area contributed by atoms with Gasteiger partial charge in [0.2, 0.25) is 5.95 Å². The van der Waals surface area contributed by atoms with Crippen LogP contribution >= 0.6 is 15.9 Å². The van der Waals surface area contributed by atoms with Gasteiger partial charge in [-0.2, -0.15) is 0 Å². The molecule has 0 atom stereocenters. The molecule has 7 nitrogen and oxygen atoms in total. The van der Waals surface area contributed by atoms with E-state index in [0.29, 0.717) is 23.9 Å². The van der Waals surface area contributed by atoms with Gasteiger partial charge in [0.25, 0.3) is 0 Å². The zero-order valence-corrected chi connectivity index (χ0v) is 18.0. The third-order valence-electron chi connectivity index (χ3n) is 4.93. The molecular formula is C21H21BrN4O3. The van der Waals surface area contributed by atoms with Crippen LogP contribution in [0.15, 0.2) is 28.9 Å². The number of nitrogens with zero attached hydrogens (tertiary/aromatic N) is 2. The first-order valence-corrected chi connectivity index (χ1v) is 10.2. The molecule has 0 aliphatic heterocycles. The normalized spacial score (nSPS) is 12.1. The summed E-state index contributed by atoms with van der Waals surface area (Å²) in [4.78, 5) is 24.9. The second kappa shape index (κ2) is 7.87. The molecule has 2 heterocycles. The first kappa shape index (κ1) is 19.4. The van der Waals surface area contributed by atoms with E-state index in [1.54, 1.807) is 7.11 Å². The van der Waals surface area contributed by atoms with Crippen LogP contribution in [0.3, 0.4) is 0 Å². The molecule has 150 valence electrons. The van der Waals surface area contributed by atoms with Gasteiger partial charge in [-0.25, -0.2) is 14.8 Å². The molecule has 4 rings (SSSR count). The molecule has 1 aliphatic rings. The van der Waals surface area contributed by atoms with Gasteiger partial charge >= 0.3 is 5.97 Å². The number of carbonyl (C=O) groups is 1. The van der Waals surface area contributed by atoms with E-state index in [4.69, 9.17) is 14.5 Å². The molecule has 0 amide bonds. The van der Waals surface area contributed by atoms with Crippen molar-refractivity contribution in [2.75, 3.05) is 19.0 Å². The second-order valence-electron chi connectivity index (χ2n) is 6.74. The Balaban J connectivity index is 1.72. The summed E-state index contributed by atoms with van der Waals surface area (Å²) in [7, 11) is 1.62. The van der Waals surface area contributed by atoms with E-state index >= 15 is 0 Å². The molecule has 1 aromatic carbocycles. The van der Waals surface area contributed by atoms with Gasteiger partial charge in [-0.1, -0.05) is 15.9 Å². The lowest BCUT2D eigenvalue weighted by molar-refractivity contribution is 0.0524. The predicted molar refractivity (Wildman–Crippen MR) is 114 cm³/mol. The van der Waals surface area contributed by atoms with Crippen LogP contribution < -0.4 is 10.1 Å². The average molecular weight is 457 g/mol. The molecule has 2 N–H and O–H groups in total. The van der Waals surface area contributed by atoms with Crippen LogP contribution in [0.2, 0.25) is 0 Å². The van der Waals surface area contributed by atoms with Crippen molar-refractivity contribution in [2.45, 2.75) is 26.7 Å². The Morgan fingerprint density at radius 1 is 1.34 bits per heavy atom. The van der Waals surface area contributed by atoms with Crippen molar-refractivity contribution in [1.82, 2.24) is 15.0 Å². The topological polar surface area (TPSA) is 89.1 Å². The number of hydrogen-bond donors (Lipinski definition) is 2. The average Bonchev–Trinajstić information content (AvgIpc) is 3.06. The van der Waals surface area contributed by atoms with Gasteiger partial charge in [0, 0.05) is 16.4 Å². The Morgan fingerprint density at radius 3 is 2.93 bits per heavy atom. The first-order valence-electron chi connectivity index (χ1n) is 9.37. The van der Waals surface area contributed by atoms with Crippen LogP contribution in [-0.4, -0.2) is 34.6 Å². The molecular weight excluding hydrogens is 436 g/mol. The number of nitrogens with one attached hydrogen (secondary N) is 2. The highest BCUT2D eigenvalue weighted by molar-refractivity contribution is 9.10. The molecule has 3 aromatic rings. The summed E-state index contributed by atoms with van der Waals surface area (Å²) in [5.41, 5.74) is 5.85. The van der Waals surface area contributed by atoms with Gasteiger partial charge in [-0.05, 0) is 56.0 Å². The number of aromatic amines is 1. The van der Waals surface area contributed by atoms with Crippen LogP contribution in [-0.2, 0) is 17.6 Å². The molecule has 0 bridgehead atoms. The Morgan fingerprint density at radius 2 is 2.17 bits per heavy atom. The molecule has 1 aliphatic carbocycles. The quantitative estimate of drug-likeness (QED) is 0.546. The van der Waals surface area contributed by atoms with Gasteiger partial charge in [0.1, 0.15) is 5.75 Å². The minimum Gasteiger partial charge on any atom is -0.495 e. The van der Waals surface area contributed by atoms with E-state index in [2.05, 4.69) is 31.2 Å². The Labute approximate surface area is 177 Å². The fraction of sp³-hybridized carbons (Fsp3) is 0.286. The number of methoxy groups -OCH3 is 1. The van der Waals surface area contributed by atoms with Crippen LogP contribution in [0.5, 0.6) is 5.75 Å². The fourth-order valence-electron chi connectivity index (χ4n) is 3.62. The summed E-state index contributed by atoms with van der Waals surface area (Å²) >= 11 is 3.44. The van der Waals surface area contributed by atoms with Gasteiger partial charge in [-0.3, -0.25) is 0 Å². The molecule has 2 aromatic heterocycles. The summed E-state index contributed by atoms with van der Waals surface area (Å²) in [6, 6.07) is 5.69. The van der Waals surface area contributed by atoms with Crippen LogP contribution in [0, 0.1) is 6.92 Å². The number of hydrogen-bond acceptors (Lipinski definition) is 6. The van der Waals surface area contributed by atoms with Gasteiger partial charge in [-0.15, -0.1) is 0 Å². The lowest BCUT2D eigenvalue weighted by Gasteiger charge is -2.17. The van der Waals surface area contributed by atoms with Gasteiger partial charge in [0.15, 0.2) is 0 Å². The summed E-state index contributed by atoms with van der Waals surface area (Å²) < 4.78 is 11.6.